The summed E-state index contributed by atoms with van der Waals surface area (Å²) in [5, 5.41) is 47.2. The van der Waals surface area contributed by atoms with Gasteiger partial charge < -0.3 is 36.0 Å². The number of hydrazine groups is 1. The lowest BCUT2D eigenvalue weighted by atomic mass is 10.0. The second-order valence-corrected chi connectivity index (χ2v) is 10.7. The van der Waals surface area contributed by atoms with E-state index in [-0.39, 0.29) is 63.4 Å². The number of phenolic OH excluding ortho intramolecular Hbond substituents is 1. The van der Waals surface area contributed by atoms with Crippen LogP contribution < -0.4 is 21.4 Å². The summed E-state index contributed by atoms with van der Waals surface area (Å²) in [6.07, 6.45) is 0.529. The van der Waals surface area contributed by atoms with Crippen molar-refractivity contribution >= 4 is 41.9 Å². The Morgan fingerprint density at radius 1 is 1.20 bits per heavy atom. The van der Waals surface area contributed by atoms with E-state index in [0.717, 1.165) is 5.01 Å². The van der Waals surface area contributed by atoms with E-state index in [1.807, 2.05) is 0 Å². The van der Waals surface area contributed by atoms with Gasteiger partial charge in [-0.3, -0.25) is 39.0 Å². The predicted octanol–water partition coefficient (Wildman–Crippen LogP) is -2.48. The lowest BCUT2D eigenvalue weighted by Crippen LogP contribution is -2.64. The van der Waals surface area contributed by atoms with Gasteiger partial charge in [-0.1, -0.05) is 12.1 Å². The van der Waals surface area contributed by atoms with E-state index in [1.54, 1.807) is 19.1 Å². The van der Waals surface area contributed by atoms with E-state index in [0.29, 0.717) is 29.2 Å². The molecule has 0 bridgehead atoms. The summed E-state index contributed by atoms with van der Waals surface area (Å²) in [6, 6.07) is -0.195. The average Bonchev–Trinajstić information content (AvgIpc) is 3.52. The minimum absolute atomic E-state index is 0.0358. The molecule has 18 nitrogen and oxygen atoms in total. The Hall–Kier alpha value is -4.81. The molecule has 5 amide bonds. The van der Waals surface area contributed by atoms with Crippen LogP contribution in [0.25, 0.3) is 0 Å². The molecule has 2 aliphatic heterocycles. The van der Waals surface area contributed by atoms with Crippen molar-refractivity contribution in [3.63, 3.8) is 0 Å². The van der Waals surface area contributed by atoms with Crippen molar-refractivity contribution in [3.05, 3.63) is 29.3 Å². The van der Waals surface area contributed by atoms with E-state index in [1.165, 1.54) is 6.07 Å². The first-order valence-corrected chi connectivity index (χ1v) is 14.6. The van der Waals surface area contributed by atoms with Crippen molar-refractivity contribution < 1.29 is 54.0 Å². The number of aliphatic carboxylic acids is 1. The quantitative estimate of drug-likeness (QED) is 0.0526. The van der Waals surface area contributed by atoms with Gasteiger partial charge in [0.2, 0.25) is 30.0 Å². The first kappa shape index (κ1) is 35.7. The van der Waals surface area contributed by atoms with Gasteiger partial charge >= 0.3 is 5.97 Å². The number of aromatic hydroxyl groups is 1. The van der Waals surface area contributed by atoms with Crippen LogP contribution in [0.2, 0.25) is 0 Å². The molecule has 0 unspecified atom stereocenters. The Labute approximate surface area is 263 Å². The van der Waals surface area contributed by atoms with Gasteiger partial charge in [-0.2, -0.15) is 0 Å². The molecule has 1 aromatic carbocycles. The molecule has 4 atom stereocenters. The zero-order valence-corrected chi connectivity index (χ0v) is 25.2. The first-order valence-electron chi connectivity index (χ1n) is 14.6. The van der Waals surface area contributed by atoms with E-state index in [2.05, 4.69) is 26.4 Å². The van der Waals surface area contributed by atoms with Crippen LogP contribution in [-0.2, 0) is 33.5 Å². The number of nitrogens with zero attached hydrogens (tertiary/aromatic N) is 3. The third-order valence-electron chi connectivity index (χ3n) is 7.28. The fourth-order valence-electron chi connectivity index (χ4n) is 4.87. The fourth-order valence-corrected chi connectivity index (χ4v) is 4.87. The maximum Gasteiger partial charge on any atom is 0.305 e. The summed E-state index contributed by atoms with van der Waals surface area (Å²) in [4.78, 5) is 78.5. The largest absolute Gasteiger partial charge is 0.507 e. The van der Waals surface area contributed by atoms with Crippen molar-refractivity contribution in [3.8, 4) is 5.75 Å². The van der Waals surface area contributed by atoms with Crippen LogP contribution in [0.1, 0.15) is 43.2 Å². The molecular formula is C28H39N7O11. The second kappa shape index (κ2) is 17.0. The molecule has 2 aliphatic rings. The molecule has 3 rings (SSSR count). The highest BCUT2D eigenvalue weighted by Crippen LogP contribution is 2.24. The molecule has 18 heteroatoms. The number of hydrogen-bond acceptors (Lipinski definition) is 12. The molecular weight excluding hydrogens is 610 g/mol. The number of carbonyl (C=O) groups is 6. The van der Waals surface area contributed by atoms with Crippen LogP contribution in [0.5, 0.6) is 5.75 Å². The maximum atomic E-state index is 13.7. The number of ether oxygens (including phenoxy) is 1. The van der Waals surface area contributed by atoms with E-state index in [4.69, 9.17) is 9.84 Å². The zero-order valence-electron chi connectivity index (χ0n) is 25.2. The number of nitrogens with one attached hydrogen (secondary N) is 4. The molecule has 8 N–H and O–H groups in total. The normalized spacial score (nSPS) is 18.8. The first-order chi connectivity index (χ1) is 22.0. The highest BCUT2D eigenvalue weighted by Gasteiger charge is 2.38. The summed E-state index contributed by atoms with van der Waals surface area (Å²) in [6.45, 7) is 0.653. The number of hydrogen-bond donors (Lipinski definition) is 8. The molecule has 2 heterocycles. The van der Waals surface area contributed by atoms with Gasteiger partial charge in [-0.15, -0.1) is 0 Å². The topological polar surface area (TPSA) is 260 Å². The lowest BCUT2D eigenvalue weighted by molar-refractivity contribution is -0.151. The summed E-state index contributed by atoms with van der Waals surface area (Å²) < 4.78 is 5.51. The number of carboxylic acids is 1. The van der Waals surface area contributed by atoms with E-state index >= 15 is 0 Å². The molecule has 1 fully saturated rings. The number of aliphatic hydroxyl groups is 1. The van der Waals surface area contributed by atoms with Gasteiger partial charge in [0, 0.05) is 19.6 Å². The van der Waals surface area contributed by atoms with Gasteiger partial charge in [0.1, 0.15) is 30.5 Å². The molecule has 0 spiro atoms. The van der Waals surface area contributed by atoms with E-state index < -0.39 is 60.4 Å². The Bertz CT molecular complexity index is 1300. The Morgan fingerprint density at radius 3 is 2.63 bits per heavy atom. The lowest BCUT2D eigenvalue weighted by Gasteiger charge is -2.37. The maximum absolute atomic E-state index is 13.7. The Balaban J connectivity index is 1.72. The van der Waals surface area contributed by atoms with Crippen LogP contribution in [-0.4, -0.2) is 130 Å². The minimum Gasteiger partial charge on any atom is -0.507 e. The third-order valence-corrected chi connectivity index (χ3v) is 7.28. The second-order valence-electron chi connectivity index (χ2n) is 10.7. The zero-order chi connectivity index (χ0) is 33.8. The number of carboxylic acid groups (broad SMARTS) is 1. The van der Waals surface area contributed by atoms with Gasteiger partial charge in [0.05, 0.1) is 18.6 Å². The highest BCUT2D eigenvalue weighted by atomic mass is 16.5. The van der Waals surface area contributed by atoms with Crippen LogP contribution in [0, 0.1) is 6.92 Å². The van der Waals surface area contributed by atoms with Crippen molar-refractivity contribution in [2.24, 2.45) is 4.99 Å². The average molecular weight is 650 g/mol. The van der Waals surface area contributed by atoms with Crippen molar-refractivity contribution in [1.29, 1.82) is 0 Å². The van der Waals surface area contributed by atoms with Crippen molar-refractivity contribution in [1.82, 2.24) is 31.4 Å². The van der Waals surface area contributed by atoms with Gasteiger partial charge in [-0.05, 0) is 44.2 Å². The number of phenols is 1. The Kier molecular flexibility index (Phi) is 13.2. The molecule has 1 aromatic rings. The molecule has 0 saturated carbocycles. The minimum atomic E-state index is -1.53. The highest BCUT2D eigenvalue weighted by molar-refractivity contribution is 6.02. The number of rotatable bonds is 16. The SMILES string of the molecule is Cc1cccc(O)c1C1=N[C@H](C(=O)N[C@@H](CO)C(=O)N[C@H](CCCN(O)C=O)C(=O)N2NCCC[C@@H]2C(=O)NCCC(=O)O)CO1. The molecule has 0 aromatic heterocycles. The molecule has 252 valence electrons. The molecule has 0 radical (unpaired) electrons. The third kappa shape index (κ3) is 9.59. The van der Waals surface area contributed by atoms with Crippen LogP contribution in [0.15, 0.2) is 23.2 Å². The molecule has 0 aliphatic carbocycles. The van der Waals surface area contributed by atoms with Crippen LogP contribution >= 0.6 is 0 Å². The van der Waals surface area contributed by atoms with Gasteiger partial charge in [0.15, 0.2) is 6.04 Å². The number of aryl methyl sites for hydroxylation is 1. The Morgan fingerprint density at radius 2 is 1.96 bits per heavy atom. The monoisotopic (exact) mass is 649 g/mol. The van der Waals surface area contributed by atoms with Crippen LogP contribution in [0.4, 0.5) is 0 Å². The van der Waals surface area contributed by atoms with Crippen molar-refractivity contribution in [2.75, 3.05) is 32.8 Å². The smallest absolute Gasteiger partial charge is 0.305 e. The number of benzene rings is 1. The fraction of sp³-hybridized carbons (Fsp3) is 0.536. The van der Waals surface area contributed by atoms with Crippen LogP contribution in [0.3, 0.4) is 0 Å². The summed E-state index contributed by atoms with van der Waals surface area (Å²) in [5.41, 5.74) is 3.79. The standard InChI is InChI=1S/C28H39N7O11/c1-16-5-2-8-21(38)23(16)27-33-19(14-46-27)25(42)32-18(13-36)24(41)31-17(6-4-12-34(45)15-37)28(44)35-20(7-3-10-30-35)26(43)29-11-9-22(39)40/h2,5,8,15,17-20,30,36,38,45H,3-4,6-7,9-14H2,1H3,(H,29,43)(H,31,41)(H,32,42)(H,39,40)/t17-,18+,19+,20-/m1/s1. The molecule has 46 heavy (non-hydrogen) atoms. The number of aliphatic hydroxyl groups excluding tert-OH is 1. The predicted molar refractivity (Wildman–Crippen MR) is 157 cm³/mol. The molecule has 1 saturated heterocycles. The van der Waals surface area contributed by atoms with Gasteiger partial charge in [-0.25, -0.2) is 15.5 Å². The van der Waals surface area contributed by atoms with E-state index in [9.17, 15) is 44.2 Å². The number of carbonyl (C=O) groups excluding carboxylic acids is 5. The number of aliphatic imine (C=N–C) groups is 1. The summed E-state index contributed by atoms with van der Waals surface area (Å²) in [5.74, 6) is -4.23. The summed E-state index contributed by atoms with van der Waals surface area (Å²) in [7, 11) is 0. The van der Waals surface area contributed by atoms with Crippen molar-refractivity contribution in [2.45, 2.75) is 63.2 Å². The number of hydroxylamine groups is 2. The van der Waals surface area contributed by atoms with Gasteiger partial charge in [0.25, 0.3) is 5.91 Å². The number of amides is 5. The summed E-state index contributed by atoms with van der Waals surface area (Å²) >= 11 is 0.